The van der Waals surface area contributed by atoms with Gasteiger partial charge in [-0.3, -0.25) is 9.59 Å². The van der Waals surface area contributed by atoms with Gasteiger partial charge >= 0.3 is 0 Å². The number of amides is 2. The number of sulfonamides is 1. The molecule has 2 saturated heterocycles. The van der Waals surface area contributed by atoms with Gasteiger partial charge in [0.25, 0.3) is 5.91 Å². The van der Waals surface area contributed by atoms with E-state index in [-0.39, 0.29) is 30.2 Å². The van der Waals surface area contributed by atoms with Crippen LogP contribution in [0.4, 0.5) is 5.69 Å². The lowest BCUT2D eigenvalue weighted by Gasteiger charge is -2.31. The molecule has 0 bridgehead atoms. The van der Waals surface area contributed by atoms with Gasteiger partial charge in [-0.15, -0.1) is 0 Å². The Labute approximate surface area is 172 Å². The van der Waals surface area contributed by atoms with E-state index in [0.29, 0.717) is 37.2 Å². The number of rotatable bonds is 7. The Morgan fingerprint density at radius 3 is 2.72 bits per heavy atom. The predicted octanol–water partition coefficient (Wildman–Crippen LogP) is 1.60. The van der Waals surface area contributed by atoms with Crippen LogP contribution in [-0.2, 0) is 19.6 Å². The number of carbonyl (C=O) groups is 2. The fourth-order valence-electron chi connectivity index (χ4n) is 3.72. The van der Waals surface area contributed by atoms with E-state index in [0.717, 1.165) is 19.4 Å². The number of carbonyl (C=O) groups excluding carboxylic acids is 2. The van der Waals surface area contributed by atoms with Gasteiger partial charge in [0.1, 0.15) is 0 Å². The SMILES string of the molecule is CCS(=O)(=O)N1CCC[C@H](C(=O)Nc2ccccc2C(=O)NC[C@@H]2CCCO2)C1. The van der Waals surface area contributed by atoms with Crippen LogP contribution in [0.25, 0.3) is 0 Å². The van der Waals surface area contributed by atoms with E-state index in [4.69, 9.17) is 4.74 Å². The second kappa shape index (κ2) is 9.69. The number of piperidine rings is 1. The molecule has 2 atom stereocenters. The number of ether oxygens (including phenoxy) is 1. The highest BCUT2D eigenvalue weighted by Crippen LogP contribution is 2.23. The third-order valence-electron chi connectivity index (χ3n) is 5.46. The first-order valence-electron chi connectivity index (χ1n) is 10.2. The summed E-state index contributed by atoms with van der Waals surface area (Å²) in [6, 6.07) is 6.84. The molecule has 0 radical (unpaired) electrons. The van der Waals surface area contributed by atoms with Gasteiger partial charge in [-0.2, -0.15) is 0 Å². The molecule has 160 valence electrons. The molecule has 0 saturated carbocycles. The van der Waals surface area contributed by atoms with E-state index < -0.39 is 15.9 Å². The Morgan fingerprint density at radius 2 is 2.00 bits per heavy atom. The van der Waals surface area contributed by atoms with E-state index in [1.54, 1.807) is 31.2 Å². The van der Waals surface area contributed by atoms with Gasteiger partial charge in [0.05, 0.1) is 29.0 Å². The topological polar surface area (TPSA) is 105 Å². The standard InChI is InChI=1S/C20H29N3O5S/c1-2-29(26,27)23-11-5-7-15(14-23)19(24)22-18-10-4-3-9-17(18)20(25)21-13-16-8-6-12-28-16/h3-4,9-10,15-16H,2,5-8,11-14H2,1H3,(H,21,25)(H,22,24)/t15-,16-/m0/s1. The third-order valence-corrected chi connectivity index (χ3v) is 7.30. The number of benzene rings is 1. The first-order chi connectivity index (χ1) is 13.9. The van der Waals surface area contributed by atoms with Crippen molar-refractivity contribution in [2.24, 2.45) is 5.92 Å². The molecule has 9 heteroatoms. The third kappa shape index (κ3) is 5.55. The van der Waals surface area contributed by atoms with Crippen molar-refractivity contribution in [3.8, 4) is 0 Å². The van der Waals surface area contributed by atoms with Crippen LogP contribution in [0.2, 0.25) is 0 Å². The number of hydrogen-bond acceptors (Lipinski definition) is 5. The summed E-state index contributed by atoms with van der Waals surface area (Å²) in [6.45, 7) is 3.38. The van der Waals surface area contributed by atoms with Crippen molar-refractivity contribution in [3.05, 3.63) is 29.8 Å². The van der Waals surface area contributed by atoms with Gasteiger partial charge in [-0.05, 0) is 44.7 Å². The number of nitrogens with one attached hydrogen (secondary N) is 2. The summed E-state index contributed by atoms with van der Waals surface area (Å²) in [7, 11) is -3.32. The van der Waals surface area contributed by atoms with Gasteiger partial charge in [0, 0.05) is 26.2 Å². The van der Waals surface area contributed by atoms with Crippen molar-refractivity contribution < 1.29 is 22.7 Å². The van der Waals surface area contributed by atoms with Crippen molar-refractivity contribution >= 4 is 27.5 Å². The van der Waals surface area contributed by atoms with Gasteiger partial charge in [0.15, 0.2) is 0 Å². The quantitative estimate of drug-likeness (QED) is 0.693. The van der Waals surface area contributed by atoms with Crippen LogP contribution in [0, 0.1) is 5.92 Å². The van der Waals surface area contributed by atoms with Crippen molar-refractivity contribution in [2.45, 2.75) is 38.7 Å². The van der Waals surface area contributed by atoms with Gasteiger partial charge in [-0.25, -0.2) is 12.7 Å². The summed E-state index contributed by atoms with van der Waals surface area (Å²) in [4.78, 5) is 25.4. The largest absolute Gasteiger partial charge is 0.376 e. The van der Waals surface area contributed by atoms with Gasteiger partial charge in [0.2, 0.25) is 15.9 Å². The molecule has 3 rings (SSSR count). The maximum atomic E-state index is 12.8. The van der Waals surface area contributed by atoms with Crippen molar-refractivity contribution in [1.82, 2.24) is 9.62 Å². The Balaban J connectivity index is 1.63. The van der Waals surface area contributed by atoms with Crippen LogP contribution in [-0.4, -0.2) is 62.6 Å². The van der Waals surface area contributed by atoms with E-state index in [9.17, 15) is 18.0 Å². The Morgan fingerprint density at radius 1 is 1.21 bits per heavy atom. The number of hydrogen-bond donors (Lipinski definition) is 2. The van der Waals surface area contributed by atoms with E-state index in [1.165, 1.54) is 4.31 Å². The molecule has 8 nitrogen and oxygen atoms in total. The maximum absolute atomic E-state index is 12.8. The van der Waals surface area contributed by atoms with Crippen LogP contribution in [0.1, 0.15) is 43.0 Å². The molecule has 1 aromatic carbocycles. The molecule has 0 aliphatic carbocycles. The van der Waals surface area contributed by atoms with E-state index >= 15 is 0 Å². The van der Waals surface area contributed by atoms with Gasteiger partial charge < -0.3 is 15.4 Å². The highest BCUT2D eigenvalue weighted by Gasteiger charge is 2.31. The molecule has 2 heterocycles. The molecular formula is C20H29N3O5S. The van der Waals surface area contributed by atoms with E-state index in [2.05, 4.69) is 10.6 Å². The molecule has 29 heavy (non-hydrogen) atoms. The minimum atomic E-state index is -3.32. The minimum Gasteiger partial charge on any atom is -0.376 e. The molecule has 0 aromatic heterocycles. The lowest BCUT2D eigenvalue weighted by Crippen LogP contribution is -2.44. The fourth-order valence-corrected chi connectivity index (χ4v) is 4.90. The molecule has 2 N–H and O–H groups in total. The second-order valence-corrected chi connectivity index (χ2v) is 9.74. The first kappa shape index (κ1) is 21.7. The number of nitrogens with zero attached hydrogens (tertiary/aromatic N) is 1. The summed E-state index contributed by atoms with van der Waals surface area (Å²) in [6.07, 6.45) is 3.22. The zero-order valence-corrected chi connectivity index (χ0v) is 17.5. The second-order valence-electron chi connectivity index (χ2n) is 7.48. The smallest absolute Gasteiger partial charge is 0.253 e. The predicted molar refractivity (Wildman–Crippen MR) is 110 cm³/mol. The monoisotopic (exact) mass is 423 g/mol. The van der Waals surface area contributed by atoms with Crippen LogP contribution in [0.5, 0.6) is 0 Å². The number of anilines is 1. The summed E-state index contributed by atoms with van der Waals surface area (Å²) in [5.74, 6) is -0.946. The Bertz CT molecular complexity index is 836. The normalized spacial score (nSPS) is 22.9. The summed E-state index contributed by atoms with van der Waals surface area (Å²) >= 11 is 0. The fraction of sp³-hybridized carbons (Fsp3) is 0.600. The van der Waals surface area contributed by atoms with Crippen LogP contribution in [0.15, 0.2) is 24.3 Å². The van der Waals surface area contributed by atoms with E-state index in [1.807, 2.05) is 0 Å². The van der Waals surface area contributed by atoms with Crippen molar-refractivity contribution in [2.75, 3.05) is 37.3 Å². The molecule has 1 aromatic rings. The highest BCUT2D eigenvalue weighted by molar-refractivity contribution is 7.89. The lowest BCUT2D eigenvalue weighted by molar-refractivity contribution is -0.120. The Kier molecular flexibility index (Phi) is 7.26. The lowest BCUT2D eigenvalue weighted by atomic mass is 9.98. The molecular weight excluding hydrogens is 394 g/mol. The molecule has 2 aliphatic heterocycles. The molecule has 2 fully saturated rings. The molecule has 0 unspecified atom stereocenters. The summed E-state index contributed by atoms with van der Waals surface area (Å²) < 4.78 is 31.2. The zero-order valence-electron chi connectivity index (χ0n) is 16.7. The van der Waals surface area contributed by atoms with Gasteiger partial charge in [-0.1, -0.05) is 12.1 Å². The minimum absolute atomic E-state index is 0.0229. The Hall–Kier alpha value is -1.97. The molecule has 2 amide bonds. The van der Waals surface area contributed by atoms with Crippen LogP contribution < -0.4 is 10.6 Å². The summed E-state index contributed by atoms with van der Waals surface area (Å²) in [5, 5.41) is 5.69. The average Bonchev–Trinajstić information content (AvgIpc) is 3.26. The molecule has 0 spiro atoms. The first-order valence-corrected chi connectivity index (χ1v) is 11.8. The maximum Gasteiger partial charge on any atom is 0.253 e. The van der Waals surface area contributed by atoms with Crippen molar-refractivity contribution in [1.29, 1.82) is 0 Å². The van der Waals surface area contributed by atoms with Crippen LogP contribution >= 0.6 is 0 Å². The average molecular weight is 424 g/mol. The van der Waals surface area contributed by atoms with Crippen molar-refractivity contribution in [3.63, 3.8) is 0 Å². The zero-order chi connectivity index (χ0) is 20.9. The highest BCUT2D eigenvalue weighted by atomic mass is 32.2. The molecule has 2 aliphatic rings. The number of para-hydroxylation sites is 1. The summed E-state index contributed by atoms with van der Waals surface area (Å²) in [5.41, 5.74) is 0.811. The van der Waals surface area contributed by atoms with Crippen LogP contribution in [0.3, 0.4) is 0 Å².